The Balaban J connectivity index is 1.13. The molecule has 0 saturated carbocycles. The Hall–Kier alpha value is -4.74. The number of aliphatic hydroxyl groups is 1. The smallest absolute Gasteiger partial charge is 0.130 e. The first-order chi connectivity index (χ1) is 20.6. The van der Waals surface area contributed by atoms with Gasteiger partial charge in [-0.05, 0) is 72.5 Å². The van der Waals surface area contributed by atoms with Crippen molar-refractivity contribution in [2.24, 2.45) is 0 Å². The molecule has 0 radical (unpaired) electrons. The van der Waals surface area contributed by atoms with E-state index in [2.05, 4.69) is 55.5 Å². The topological polar surface area (TPSA) is 64.5 Å². The van der Waals surface area contributed by atoms with Gasteiger partial charge in [0.1, 0.15) is 24.7 Å². The van der Waals surface area contributed by atoms with Crippen molar-refractivity contribution in [3.63, 3.8) is 0 Å². The Kier molecular flexibility index (Phi) is 8.11. The second-order valence-electron chi connectivity index (χ2n) is 10.8. The summed E-state index contributed by atoms with van der Waals surface area (Å²) in [7, 11) is 0. The van der Waals surface area contributed by atoms with Gasteiger partial charge in [-0.15, -0.1) is 0 Å². The monoisotopic (exact) mass is 554 g/mol. The summed E-state index contributed by atoms with van der Waals surface area (Å²) in [6.45, 7) is 3.19. The molecular weight excluding hydrogens is 520 g/mol. The molecule has 4 aromatic carbocycles. The highest BCUT2D eigenvalue weighted by atomic mass is 16.5. The summed E-state index contributed by atoms with van der Waals surface area (Å²) in [5.74, 6) is 1.59. The van der Waals surface area contributed by atoms with Crippen LogP contribution in [-0.4, -0.2) is 21.7 Å². The minimum Gasteiger partial charge on any atom is -0.487 e. The summed E-state index contributed by atoms with van der Waals surface area (Å²) in [6, 6.07) is 40.9. The molecule has 0 aliphatic rings. The van der Waals surface area contributed by atoms with E-state index in [1.54, 1.807) is 0 Å². The van der Waals surface area contributed by atoms with Crippen molar-refractivity contribution in [3.8, 4) is 11.5 Å². The SMILES string of the molecule is CC(CCCO)(c1ccc(OCc2ccc3ccccc3n2)cc1)c1ccc(OCc2ccc3ccccc3n2)cc1. The van der Waals surface area contributed by atoms with Crippen LogP contribution in [0.15, 0.2) is 121 Å². The van der Waals surface area contributed by atoms with Crippen molar-refractivity contribution in [1.29, 1.82) is 0 Å². The van der Waals surface area contributed by atoms with Crippen LogP contribution in [0.2, 0.25) is 0 Å². The quantitative estimate of drug-likeness (QED) is 0.176. The number of hydrogen-bond donors (Lipinski definition) is 1. The number of pyridine rings is 2. The molecule has 210 valence electrons. The highest BCUT2D eigenvalue weighted by Gasteiger charge is 2.28. The molecule has 6 rings (SSSR count). The summed E-state index contributed by atoms with van der Waals surface area (Å²) >= 11 is 0. The molecule has 42 heavy (non-hydrogen) atoms. The van der Waals surface area contributed by atoms with Crippen molar-refractivity contribution in [2.45, 2.75) is 38.4 Å². The maximum absolute atomic E-state index is 9.65. The Bertz CT molecular complexity index is 1660. The van der Waals surface area contributed by atoms with Crippen molar-refractivity contribution >= 4 is 21.8 Å². The average molecular weight is 555 g/mol. The molecule has 0 atom stereocenters. The number of aliphatic hydroxyl groups excluding tert-OH is 1. The number of ether oxygens (including phenoxy) is 2. The fourth-order valence-electron chi connectivity index (χ4n) is 5.42. The van der Waals surface area contributed by atoms with Gasteiger partial charge in [-0.25, -0.2) is 9.97 Å². The van der Waals surface area contributed by atoms with E-state index in [1.807, 2.05) is 72.8 Å². The molecule has 0 unspecified atom stereocenters. The molecule has 0 spiro atoms. The van der Waals surface area contributed by atoms with Gasteiger partial charge in [-0.3, -0.25) is 0 Å². The molecular formula is C37H34N2O3. The molecule has 0 amide bonds. The first-order valence-corrected chi connectivity index (χ1v) is 14.4. The van der Waals surface area contributed by atoms with Crippen molar-refractivity contribution in [1.82, 2.24) is 9.97 Å². The number of hydrogen-bond acceptors (Lipinski definition) is 5. The van der Waals surface area contributed by atoms with Crippen molar-refractivity contribution in [2.75, 3.05) is 6.61 Å². The highest BCUT2D eigenvalue weighted by Crippen LogP contribution is 2.38. The highest BCUT2D eigenvalue weighted by molar-refractivity contribution is 5.79. The van der Waals surface area contributed by atoms with E-state index in [-0.39, 0.29) is 12.0 Å². The number of nitrogens with zero attached hydrogens (tertiary/aromatic N) is 2. The fourth-order valence-corrected chi connectivity index (χ4v) is 5.42. The molecule has 0 aliphatic carbocycles. The summed E-state index contributed by atoms with van der Waals surface area (Å²) < 4.78 is 12.1. The predicted octanol–water partition coefficient (Wildman–Crippen LogP) is 8.02. The number of aromatic nitrogens is 2. The van der Waals surface area contributed by atoms with Gasteiger partial charge in [0, 0.05) is 22.8 Å². The van der Waals surface area contributed by atoms with E-state index < -0.39 is 0 Å². The summed E-state index contributed by atoms with van der Waals surface area (Å²) in [4.78, 5) is 9.42. The van der Waals surface area contributed by atoms with Gasteiger partial charge < -0.3 is 14.6 Å². The first kappa shape index (κ1) is 27.4. The number of benzene rings is 4. The molecule has 5 nitrogen and oxygen atoms in total. The van der Waals surface area contributed by atoms with E-state index >= 15 is 0 Å². The molecule has 6 aromatic rings. The molecule has 0 fully saturated rings. The van der Waals surface area contributed by atoms with Crippen molar-refractivity contribution < 1.29 is 14.6 Å². The van der Waals surface area contributed by atoms with E-state index in [1.165, 1.54) is 11.1 Å². The third kappa shape index (κ3) is 6.12. The summed E-state index contributed by atoms with van der Waals surface area (Å²) in [5, 5.41) is 11.9. The first-order valence-electron chi connectivity index (χ1n) is 14.4. The van der Waals surface area contributed by atoms with Gasteiger partial charge in [-0.1, -0.05) is 79.7 Å². The van der Waals surface area contributed by atoms with Crippen LogP contribution in [0, 0.1) is 0 Å². The van der Waals surface area contributed by atoms with E-state index in [9.17, 15) is 5.11 Å². The molecule has 0 aliphatic heterocycles. The minimum absolute atomic E-state index is 0.148. The van der Waals surface area contributed by atoms with Gasteiger partial charge in [0.15, 0.2) is 0 Å². The normalized spacial score (nSPS) is 11.6. The second-order valence-corrected chi connectivity index (χ2v) is 10.8. The summed E-state index contributed by atoms with van der Waals surface area (Å²) in [6.07, 6.45) is 1.51. The molecule has 0 bridgehead atoms. The fraction of sp³-hybridized carbons (Fsp3) is 0.189. The van der Waals surface area contributed by atoms with Crippen LogP contribution in [0.25, 0.3) is 21.8 Å². The zero-order valence-electron chi connectivity index (χ0n) is 23.7. The van der Waals surface area contributed by atoms with Gasteiger partial charge in [-0.2, -0.15) is 0 Å². The van der Waals surface area contributed by atoms with E-state index in [0.29, 0.717) is 19.6 Å². The van der Waals surface area contributed by atoms with Gasteiger partial charge >= 0.3 is 0 Å². The zero-order chi connectivity index (χ0) is 28.8. The molecule has 2 aromatic heterocycles. The van der Waals surface area contributed by atoms with Crippen LogP contribution in [0.3, 0.4) is 0 Å². The lowest BCUT2D eigenvalue weighted by atomic mass is 9.73. The van der Waals surface area contributed by atoms with E-state index in [0.717, 1.165) is 51.1 Å². The third-order valence-corrected chi connectivity index (χ3v) is 7.90. The largest absolute Gasteiger partial charge is 0.487 e. The maximum Gasteiger partial charge on any atom is 0.130 e. The molecule has 0 saturated heterocycles. The lowest BCUT2D eigenvalue weighted by Crippen LogP contribution is -2.24. The lowest BCUT2D eigenvalue weighted by Gasteiger charge is -2.31. The predicted molar refractivity (Wildman–Crippen MR) is 168 cm³/mol. The molecule has 1 N–H and O–H groups in total. The van der Waals surface area contributed by atoms with Gasteiger partial charge in [0.25, 0.3) is 0 Å². The van der Waals surface area contributed by atoms with Crippen LogP contribution >= 0.6 is 0 Å². The Morgan fingerprint density at radius 2 is 1.02 bits per heavy atom. The Morgan fingerprint density at radius 3 is 1.48 bits per heavy atom. The Morgan fingerprint density at radius 1 is 0.571 bits per heavy atom. The third-order valence-electron chi connectivity index (χ3n) is 7.90. The standard InChI is InChI=1S/C37H34N2O3/c1-37(23-6-24-40,29-13-19-33(20-14-29)41-25-31-17-11-27-7-2-4-9-35(27)38-31)30-15-21-34(22-16-30)42-26-32-18-12-28-8-3-5-10-36(28)39-32/h2-5,7-22,40H,6,23-26H2,1H3. The van der Waals surface area contributed by atoms with E-state index in [4.69, 9.17) is 19.4 Å². The second kappa shape index (κ2) is 12.4. The number of rotatable bonds is 11. The number of fused-ring (bicyclic) bond motifs is 2. The average Bonchev–Trinajstić information content (AvgIpc) is 3.05. The van der Waals surface area contributed by atoms with Crippen LogP contribution in [0.1, 0.15) is 42.3 Å². The maximum atomic E-state index is 9.65. The van der Waals surface area contributed by atoms with Crippen LogP contribution in [0.5, 0.6) is 11.5 Å². The molecule has 5 heteroatoms. The van der Waals surface area contributed by atoms with Gasteiger partial charge in [0.05, 0.1) is 22.4 Å². The van der Waals surface area contributed by atoms with Gasteiger partial charge in [0.2, 0.25) is 0 Å². The number of para-hydroxylation sites is 2. The van der Waals surface area contributed by atoms with Crippen LogP contribution in [-0.2, 0) is 18.6 Å². The Labute approximate surface area is 246 Å². The minimum atomic E-state index is -0.278. The van der Waals surface area contributed by atoms with Crippen molar-refractivity contribution in [3.05, 3.63) is 144 Å². The molecule has 2 heterocycles. The van der Waals surface area contributed by atoms with Crippen LogP contribution < -0.4 is 9.47 Å². The zero-order valence-corrected chi connectivity index (χ0v) is 23.7. The summed E-state index contributed by atoms with van der Waals surface area (Å²) in [5.41, 5.74) is 5.78. The lowest BCUT2D eigenvalue weighted by molar-refractivity contribution is 0.272. The van der Waals surface area contributed by atoms with Crippen LogP contribution in [0.4, 0.5) is 0 Å².